The molecular formula is C26H23F3N6O3. The second-order valence-electron chi connectivity index (χ2n) is 9.27. The first-order valence-electron chi connectivity index (χ1n) is 11.3. The van der Waals surface area contributed by atoms with E-state index >= 15 is 0 Å². The predicted molar refractivity (Wildman–Crippen MR) is 134 cm³/mol. The maximum Gasteiger partial charge on any atom is 0.324 e. The standard InChI is InChI=1S/C26H23F3N6O3/c1-26(2,3)22-13-23(35(34-22)16-9-14(27)8-15(28)10-16)33-25(37)32-20-5-4-17(11-19(20)29)38-18-6-7-31-21(12-18)24(30)36/h4-13H,1-3H3,(H2,30,36)(H2,32,33,37). The van der Waals surface area contributed by atoms with Gasteiger partial charge in [-0.25, -0.2) is 22.6 Å². The van der Waals surface area contributed by atoms with Crippen LogP contribution in [-0.2, 0) is 5.41 Å². The molecule has 0 saturated carbocycles. The summed E-state index contributed by atoms with van der Waals surface area (Å²) in [6.45, 7) is 5.65. The van der Waals surface area contributed by atoms with Gasteiger partial charge in [0.1, 0.15) is 40.5 Å². The first-order valence-corrected chi connectivity index (χ1v) is 11.3. The second kappa shape index (κ2) is 10.2. The highest BCUT2D eigenvalue weighted by atomic mass is 19.1. The first kappa shape index (κ1) is 26.2. The van der Waals surface area contributed by atoms with Crippen LogP contribution in [0.15, 0.2) is 60.8 Å². The van der Waals surface area contributed by atoms with Crippen LogP contribution in [0.1, 0.15) is 37.0 Å². The fraction of sp³-hybridized carbons (Fsp3) is 0.154. The van der Waals surface area contributed by atoms with Crippen molar-refractivity contribution in [2.75, 3.05) is 10.6 Å². The van der Waals surface area contributed by atoms with E-state index in [4.69, 9.17) is 10.5 Å². The molecule has 4 N–H and O–H groups in total. The summed E-state index contributed by atoms with van der Waals surface area (Å²) in [5.74, 6) is -2.76. The minimum absolute atomic E-state index is 0.0206. The number of nitrogens with zero attached hydrogens (tertiary/aromatic N) is 3. The number of hydrogen-bond donors (Lipinski definition) is 3. The number of nitrogens with one attached hydrogen (secondary N) is 2. The SMILES string of the molecule is CC(C)(C)c1cc(NC(=O)Nc2ccc(Oc3ccnc(C(N)=O)c3)cc2F)n(-c2cc(F)cc(F)c2)n1. The van der Waals surface area contributed by atoms with Crippen molar-refractivity contribution >= 4 is 23.4 Å². The molecule has 0 saturated heterocycles. The lowest BCUT2D eigenvalue weighted by molar-refractivity contribution is 0.0995. The van der Waals surface area contributed by atoms with Gasteiger partial charge in [0.15, 0.2) is 0 Å². The Balaban J connectivity index is 1.53. The van der Waals surface area contributed by atoms with E-state index in [0.29, 0.717) is 5.69 Å². The third kappa shape index (κ3) is 6.09. The topological polar surface area (TPSA) is 124 Å². The molecule has 0 aliphatic carbocycles. The number of hydrogen-bond acceptors (Lipinski definition) is 5. The van der Waals surface area contributed by atoms with Crippen LogP contribution in [0.5, 0.6) is 11.5 Å². The van der Waals surface area contributed by atoms with Gasteiger partial charge in [0, 0.05) is 35.9 Å². The lowest BCUT2D eigenvalue weighted by Gasteiger charge is -2.14. The predicted octanol–water partition coefficient (Wildman–Crippen LogP) is 5.52. The zero-order valence-electron chi connectivity index (χ0n) is 20.6. The summed E-state index contributed by atoms with van der Waals surface area (Å²) in [6.07, 6.45) is 1.32. The molecule has 4 aromatic rings. The zero-order valence-corrected chi connectivity index (χ0v) is 20.6. The molecule has 0 radical (unpaired) electrons. The van der Waals surface area contributed by atoms with Crippen LogP contribution in [0.4, 0.5) is 29.5 Å². The number of halogens is 3. The molecular weight excluding hydrogens is 501 g/mol. The lowest BCUT2D eigenvalue weighted by atomic mass is 9.92. The summed E-state index contributed by atoms with van der Waals surface area (Å²) in [5, 5.41) is 9.32. The Morgan fingerprint density at radius 2 is 1.61 bits per heavy atom. The van der Waals surface area contributed by atoms with Gasteiger partial charge >= 0.3 is 6.03 Å². The highest BCUT2D eigenvalue weighted by molar-refractivity contribution is 5.99. The largest absolute Gasteiger partial charge is 0.457 e. The Morgan fingerprint density at radius 3 is 2.24 bits per heavy atom. The number of nitrogens with two attached hydrogens (primary N) is 1. The smallest absolute Gasteiger partial charge is 0.324 e. The molecule has 0 atom stereocenters. The number of ether oxygens (including phenoxy) is 1. The summed E-state index contributed by atoms with van der Waals surface area (Å²) >= 11 is 0. The summed E-state index contributed by atoms with van der Waals surface area (Å²) in [5.41, 5.74) is 5.16. The molecule has 9 nitrogen and oxygen atoms in total. The molecule has 196 valence electrons. The van der Waals surface area contributed by atoms with Gasteiger partial charge in [0.05, 0.1) is 17.1 Å². The van der Waals surface area contributed by atoms with Crippen LogP contribution in [0.3, 0.4) is 0 Å². The number of carbonyl (C=O) groups is 2. The van der Waals surface area contributed by atoms with E-state index in [2.05, 4.69) is 20.7 Å². The van der Waals surface area contributed by atoms with Gasteiger partial charge in [0.2, 0.25) is 0 Å². The molecule has 0 spiro atoms. The number of benzene rings is 2. The molecule has 2 aromatic heterocycles. The maximum absolute atomic E-state index is 14.7. The summed E-state index contributed by atoms with van der Waals surface area (Å²) < 4.78 is 49.2. The summed E-state index contributed by atoms with van der Waals surface area (Å²) in [4.78, 5) is 27.8. The second-order valence-corrected chi connectivity index (χ2v) is 9.27. The normalized spacial score (nSPS) is 11.2. The summed E-state index contributed by atoms with van der Waals surface area (Å²) in [6, 6.07) is 10.1. The van der Waals surface area contributed by atoms with Crippen molar-refractivity contribution in [3.63, 3.8) is 0 Å². The van der Waals surface area contributed by atoms with Crippen LogP contribution in [0.25, 0.3) is 5.69 Å². The quantitative estimate of drug-likeness (QED) is 0.307. The Hall–Kier alpha value is -4.87. The Labute approximate surface area is 215 Å². The van der Waals surface area contributed by atoms with Gasteiger partial charge in [-0.1, -0.05) is 20.8 Å². The number of anilines is 2. The van der Waals surface area contributed by atoms with Crippen molar-refractivity contribution in [3.05, 3.63) is 89.6 Å². The number of aromatic nitrogens is 3. The number of urea groups is 1. The Kier molecular flexibility index (Phi) is 7.06. The summed E-state index contributed by atoms with van der Waals surface area (Å²) in [7, 11) is 0. The molecule has 12 heteroatoms. The van der Waals surface area contributed by atoms with Crippen LogP contribution < -0.4 is 21.1 Å². The van der Waals surface area contributed by atoms with E-state index in [-0.39, 0.29) is 34.4 Å². The number of pyridine rings is 1. The highest BCUT2D eigenvalue weighted by Crippen LogP contribution is 2.28. The van der Waals surface area contributed by atoms with Gasteiger partial charge in [-0.3, -0.25) is 15.1 Å². The number of rotatable bonds is 6. The molecule has 0 fully saturated rings. The molecule has 0 aliphatic rings. The zero-order chi connectivity index (χ0) is 27.6. The number of carbonyl (C=O) groups excluding carboxylic acids is 2. The maximum atomic E-state index is 14.7. The van der Waals surface area contributed by atoms with E-state index in [9.17, 15) is 22.8 Å². The van der Waals surface area contributed by atoms with Gasteiger partial charge in [-0.15, -0.1) is 0 Å². The van der Waals surface area contributed by atoms with E-state index < -0.39 is 34.8 Å². The van der Waals surface area contributed by atoms with Gasteiger partial charge in [-0.05, 0) is 30.3 Å². The van der Waals surface area contributed by atoms with E-state index in [0.717, 1.165) is 24.3 Å². The molecule has 38 heavy (non-hydrogen) atoms. The Bertz CT molecular complexity index is 1510. The van der Waals surface area contributed by atoms with Crippen LogP contribution >= 0.6 is 0 Å². The van der Waals surface area contributed by atoms with Gasteiger partial charge in [0.25, 0.3) is 5.91 Å². The number of amides is 3. The van der Waals surface area contributed by atoms with Crippen molar-refractivity contribution in [3.8, 4) is 17.2 Å². The van der Waals surface area contributed by atoms with Crippen molar-refractivity contribution in [2.45, 2.75) is 26.2 Å². The fourth-order valence-corrected chi connectivity index (χ4v) is 3.37. The van der Waals surface area contributed by atoms with Crippen molar-refractivity contribution < 1.29 is 27.5 Å². The number of primary amides is 1. The molecule has 4 rings (SSSR count). The van der Waals surface area contributed by atoms with Crippen molar-refractivity contribution in [2.24, 2.45) is 5.73 Å². The third-order valence-corrected chi connectivity index (χ3v) is 5.22. The van der Waals surface area contributed by atoms with Gasteiger partial charge in [-0.2, -0.15) is 5.10 Å². The monoisotopic (exact) mass is 524 g/mol. The van der Waals surface area contributed by atoms with Crippen molar-refractivity contribution in [1.29, 1.82) is 0 Å². The van der Waals surface area contributed by atoms with Crippen LogP contribution in [0, 0.1) is 17.5 Å². The minimum Gasteiger partial charge on any atom is -0.457 e. The van der Waals surface area contributed by atoms with E-state index in [1.54, 1.807) is 6.07 Å². The first-order chi connectivity index (χ1) is 17.9. The molecule has 2 aromatic carbocycles. The van der Waals surface area contributed by atoms with E-state index in [1.165, 1.54) is 35.1 Å². The molecule has 0 unspecified atom stereocenters. The molecule has 2 heterocycles. The van der Waals surface area contributed by atoms with Crippen molar-refractivity contribution in [1.82, 2.24) is 14.8 Å². The minimum atomic E-state index is -0.823. The van der Waals surface area contributed by atoms with Crippen LogP contribution in [0.2, 0.25) is 0 Å². The fourth-order valence-electron chi connectivity index (χ4n) is 3.37. The highest BCUT2D eigenvalue weighted by Gasteiger charge is 2.22. The lowest BCUT2D eigenvalue weighted by Crippen LogP contribution is -2.22. The van der Waals surface area contributed by atoms with Gasteiger partial charge < -0.3 is 15.8 Å². The Morgan fingerprint density at radius 1 is 0.921 bits per heavy atom. The average Bonchev–Trinajstić information content (AvgIpc) is 3.25. The van der Waals surface area contributed by atoms with Crippen LogP contribution in [-0.4, -0.2) is 26.7 Å². The third-order valence-electron chi connectivity index (χ3n) is 5.22. The molecule has 3 amide bonds. The molecule has 0 bridgehead atoms. The average molecular weight is 525 g/mol. The van der Waals surface area contributed by atoms with E-state index in [1.807, 2.05) is 20.8 Å². The molecule has 0 aliphatic heterocycles.